The van der Waals surface area contributed by atoms with Crippen LogP contribution in [0.2, 0.25) is 0 Å². The Balaban J connectivity index is 4.49. The quantitative estimate of drug-likeness (QED) is 0.760. The van der Waals surface area contributed by atoms with Crippen LogP contribution in [0.25, 0.3) is 0 Å². The van der Waals surface area contributed by atoms with E-state index in [2.05, 4.69) is 0 Å². The first-order valence-corrected chi connectivity index (χ1v) is 6.81. The highest BCUT2D eigenvalue weighted by Gasteiger charge is 2.32. The van der Waals surface area contributed by atoms with Crippen LogP contribution >= 0.6 is 0 Å². The number of nitrogens with two attached hydrogens (primary N) is 1. The zero-order valence-corrected chi connectivity index (χ0v) is 12.8. The highest BCUT2D eigenvalue weighted by atomic mass is 16.1. The van der Waals surface area contributed by atoms with Gasteiger partial charge in [-0.05, 0) is 18.3 Å². The molecule has 18 heavy (non-hydrogen) atoms. The summed E-state index contributed by atoms with van der Waals surface area (Å²) in [5, 5.41) is 0. The molecule has 0 heterocycles. The Kier molecular flexibility index (Phi) is 6.21. The zero-order chi connectivity index (χ0) is 14.6. The molecule has 0 aliphatic rings. The molecule has 0 saturated carbocycles. The lowest BCUT2D eigenvalue weighted by Gasteiger charge is -2.29. The first-order valence-electron chi connectivity index (χ1n) is 6.81. The molecule has 0 rings (SSSR count). The SMILES string of the molecule is CCCC(=O)CC(C)(C)CC(N)C(=O)C(C)(C)C. The first-order chi connectivity index (χ1) is 7.99. The van der Waals surface area contributed by atoms with Gasteiger partial charge in [0.25, 0.3) is 0 Å². The summed E-state index contributed by atoms with van der Waals surface area (Å²) in [6.45, 7) is 11.7. The Morgan fingerprint density at radius 1 is 1.11 bits per heavy atom. The third kappa shape index (κ3) is 6.29. The molecule has 0 aliphatic carbocycles. The van der Waals surface area contributed by atoms with E-state index in [0.717, 1.165) is 6.42 Å². The van der Waals surface area contributed by atoms with E-state index >= 15 is 0 Å². The number of hydrogen-bond acceptors (Lipinski definition) is 3. The van der Waals surface area contributed by atoms with E-state index in [-0.39, 0.29) is 17.0 Å². The van der Waals surface area contributed by atoms with Gasteiger partial charge in [-0.3, -0.25) is 9.59 Å². The van der Waals surface area contributed by atoms with Gasteiger partial charge in [0.05, 0.1) is 6.04 Å². The second kappa shape index (κ2) is 6.46. The molecule has 0 aromatic rings. The van der Waals surface area contributed by atoms with Crippen LogP contribution in [0.15, 0.2) is 0 Å². The third-order valence-corrected chi connectivity index (χ3v) is 3.05. The fourth-order valence-electron chi connectivity index (χ4n) is 2.22. The lowest BCUT2D eigenvalue weighted by atomic mass is 9.76. The molecular weight excluding hydrogens is 226 g/mol. The summed E-state index contributed by atoms with van der Waals surface area (Å²) >= 11 is 0. The van der Waals surface area contributed by atoms with Crippen LogP contribution in [-0.2, 0) is 9.59 Å². The van der Waals surface area contributed by atoms with E-state index < -0.39 is 11.5 Å². The largest absolute Gasteiger partial charge is 0.321 e. The minimum absolute atomic E-state index is 0.0681. The molecule has 1 unspecified atom stereocenters. The minimum atomic E-state index is -0.477. The number of carbonyl (C=O) groups is 2. The molecular formula is C15H29NO2. The van der Waals surface area contributed by atoms with Crippen molar-refractivity contribution in [2.45, 2.75) is 73.3 Å². The first kappa shape index (κ1) is 17.3. The molecule has 3 heteroatoms. The van der Waals surface area contributed by atoms with Crippen molar-refractivity contribution in [3.8, 4) is 0 Å². The zero-order valence-electron chi connectivity index (χ0n) is 12.8. The van der Waals surface area contributed by atoms with Crippen LogP contribution in [0.5, 0.6) is 0 Å². The molecule has 2 N–H and O–H groups in total. The van der Waals surface area contributed by atoms with Crippen LogP contribution in [0.4, 0.5) is 0 Å². The Morgan fingerprint density at radius 2 is 1.61 bits per heavy atom. The van der Waals surface area contributed by atoms with Crippen molar-refractivity contribution >= 4 is 11.6 Å². The molecule has 0 bridgehead atoms. The maximum absolute atomic E-state index is 12.0. The number of carbonyl (C=O) groups excluding carboxylic acids is 2. The van der Waals surface area contributed by atoms with Gasteiger partial charge in [-0.2, -0.15) is 0 Å². The molecule has 0 amide bonds. The van der Waals surface area contributed by atoms with E-state index in [1.165, 1.54) is 0 Å². The molecule has 106 valence electrons. The summed E-state index contributed by atoms with van der Waals surface area (Å²) in [5.41, 5.74) is 5.36. The van der Waals surface area contributed by atoms with Crippen LogP contribution in [0, 0.1) is 10.8 Å². The van der Waals surface area contributed by atoms with Gasteiger partial charge in [0.15, 0.2) is 5.78 Å². The Labute approximate surface area is 112 Å². The Hall–Kier alpha value is -0.700. The highest BCUT2D eigenvalue weighted by Crippen LogP contribution is 2.29. The smallest absolute Gasteiger partial charge is 0.154 e. The molecule has 0 radical (unpaired) electrons. The summed E-state index contributed by atoms with van der Waals surface area (Å²) in [6.07, 6.45) is 2.57. The van der Waals surface area contributed by atoms with E-state index in [9.17, 15) is 9.59 Å². The monoisotopic (exact) mass is 255 g/mol. The summed E-state index contributed by atoms with van der Waals surface area (Å²) in [4.78, 5) is 23.7. The number of rotatable bonds is 7. The molecule has 1 atom stereocenters. The summed E-state index contributed by atoms with van der Waals surface area (Å²) in [7, 11) is 0. The average Bonchev–Trinajstić information content (AvgIpc) is 2.13. The van der Waals surface area contributed by atoms with Crippen molar-refractivity contribution in [1.82, 2.24) is 0 Å². The number of ketones is 2. The van der Waals surface area contributed by atoms with E-state index in [0.29, 0.717) is 19.3 Å². The summed E-state index contributed by atoms with van der Waals surface area (Å²) in [6, 6.07) is -0.477. The standard InChI is InChI=1S/C15H29NO2/c1-7-8-11(17)9-15(5,6)10-12(16)13(18)14(2,3)4/h12H,7-10,16H2,1-6H3. The van der Waals surface area contributed by atoms with Crippen LogP contribution in [-0.4, -0.2) is 17.6 Å². The van der Waals surface area contributed by atoms with Crippen LogP contribution in [0.1, 0.15) is 67.2 Å². The van der Waals surface area contributed by atoms with Crippen LogP contribution < -0.4 is 5.73 Å². The van der Waals surface area contributed by atoms with Crippen molar-refractivity contribution in [3.63, 3.8) is 0 Å². The highest BCUT2D eigenvalue weighted by molar-refractivity contribution is 5.88. The van der Waals surface area contributed by atoms with Gasteiger partial charge in [-0.15, -0.1) is 0 Å². The van der Waals surface area contributed by atoms with Gasteiger partial charge in [-0.1, -0.05) is 41.5 Å². The van der Waals surface area contributed by atoms with Crippen molar-refractivity contribution in [1.29, 1.82) is 0 Å². The third-order valence-electron chi connectivity index (χ3n) is 3.05. The fourth-order valence-corrected chi connectivity index (χ4v) is 2.22. The van der Waals surface area contributed by atoms with Crippen molar-refractivity contribution in [2.24, 2.45) is 16.6 Å². The fraction of sp³-hybridized carbons (Fsp3) is 0.867. The summed E-state index contributed by atoms with van der Waals surface area (Å²) in [5.74, 6) is 0.330. The minimum Gasteiger partial charge on any atom is -0.321 e. The second-order valence-corrected chi connectivity index (χ2v) is 7.05. The lowest BCUT2D eigenvalue weighted by molar-refractivity contribution is -0.129. The molecule has 0 aliphatic heterocycles. The van der Waals surface area contributed by atoms with Crippen molar-refractivity contribution < 1.29 is 9.59 Å². The molecule has 0 aromatic carbocycles. The van der Waals surface area contributed by atoms with Gasteiger partial charge >= 0.3 is 0 Å². The van der Waals surface area contributed by atoms with Crippen LogP contribution in [0.3, 0.4) is 0 Å². The van der Waals surface area contributed by atoms with Gasteiger partial charge < -0.3 is 5.73 Å². The maximum Gasteiger partial charge on any atom is 0.154 e. The predicted molar refractivity (Wildman–Crippen MR) is 75.4 cm³/mol. The average molecular weight is 255 g/mol. The molecule has 0 aromatic heterocycles. The second-order valence-electron chi connectivity index (χ2n) is 7.05. The predicted octanol–water partition coefficient (Wildman–Crippen LogP) is 3.10. The molecule has 3 nitrogen and oxygen atoms in total. The summed E-state index contributed by atoms with van der Waals surface area (Å²) < 4.78 is 0. The van der Waals surface area contributed by atoms with Gasteiger partial charge in [0, 0.05) is 18.3 Å². The Morgan fingerprint density at radius 3 is 2.00 bits per heavy atom. The molecule has 0 spiro atoms. The molecule has 0 saturated heterocycles. The van der Waals surface area contributed by atoms with Gasteiger partial charge in [0.2, 0.25) is 0 Å². The molecule has 0 fully saturated rings. The van der Waals surface area contributed by atoms with E-state index in [1.807, 2.05) is 41.5 Å². The van der Waals surface area contributed by atoms with Crippen molar-refractivity contribution in [2.75, 3.05) is 0 Å². The normalized spacial score (nSPS) is 14.4. The van der Waals surface area contributed by atoms with Gasteiger partial charge in [0.1, 0.15) is 5.78 Å². The maximum atomic E-state index is 12.0. The van der Waals surface area contributed by atoms with E-state index in [4.69, 9.17) is 5.73 Å². The number of Topliss-reactive ketones (excluding diaryl/α,β-unsaturated/α-hetero) is 2. The topological polar surface area (TPSA) is 60.2 Å². The lowest BCUT2D eigenvalue weighted by Crippen LogP contribution is -2.42. The Bertz CT molecular complexity index is 300. The number of hydrogen-bond donors (Lipinski definition) is 1. The van der Waals surface area contributed by atoms with E-state index in [1.54, 1.807) is 0 Å². The van der Waals surface area contributed by atoms with Crippen molar-refractivity contribution in [3.05, 3.63) is 0 Å². The van der Waals surface area contributed by atoms with Gasteiger partial charge in [-0.25, -0.2) is 0 Å².